The average molecular weight is 384 g/mol. The molecule has 0 saturated carbocycles. The highest BCUT2D eigenvalue weighted by molar-refractivity contribution is 6.03. The van der Waals surface area contributed by atoms with Crippen molar-refractivity contribution in [2.75, 3.05) is 33.2 Å². The zero-order valence-electron chi connectivity index (χ0n) is 17.2. The molecular weight excluding hydrogens is 356 g/mol. The Morgan fingerprint density at radius 1 is 1.25 bits per heavy atom. The number of nitrogens with zero attached hydrogens (tertiary/aromatic N) is 3. The molecule has 7 heteroatoms. The third-order valence-corrected chi connectivity index (χ3v) is 5.58. The van der Waals surface area contributed by atoms with Gasteiger partial charge in [-0.2, -0.15) is 0 Å². The molecule has 3 rings (SSSR count). The Bertz CT molecular complexity index is 861. The molecule has 0 bridgehead atoms. The van der Waals surface area contributed by atoms with Crippen molar-refractivity contribution >= 4 is 17.8 Å². The predicted molar refractivity (Wildman–Crippen MR) is 106 cm³/mol. The number of hydrogen-bond acceptors (Lipinski definition) is 3. The van der Waals surface area contributed by atoms with Crippen LogP contribution in [-0.4, -0.2) is 65.8 Å². The molecule has 0 spiro atoms. The van der Waals surface area contributed by atoms with Crippen LogP contribution < -0.4 is 5.32 Å². The minimum absolute atomic E-state index is 0.0154. The molecule has 0 aliphatic carbocycles. The second-order valence-electron chi connectivity index (χ2n) is 7.42. The zero-order chi connectivity index (χ0) is 20.6. The summed E-state index contributed by atoms with van der Waals surface area (Å²) in [7, 11) is 1.72. The van der Waals surface area contributed by atoms with Crippen LogP contribution in [0.25, 0.3) is 0 Å². The second-order valence-corrected chi connectivity index (χ2v) is 7.42. The van der Waals surface area contributed by atoms with Gasteiger partial charge in [-0.15, -0.1) is 0 Å². The van der Waals surface area contributed by atoms with Gasteiger partial charge in [-0.05, 0) is 38.8 Å². The Balaban J connectivity index is 1.98. The quantitative estimate of drug-likeness (QED) is 0.844. The number of likely N-dealkylation sites (N-methyl/N-ethyl adjacent to an activating group) is 2. The first-order chi connectivity index (χ1) is 13.3. The molecule has 7 nitrogen and oxygen atoms in total. The Hall–Kier alpha value is -2.83. The minimum atomic E-state index is -0.498. The van der Waals surface area contributed by atoms with Crippen molar-refractivity contribution in [3.8, 4) is 0 Å². The van der Waals surface area contributed by atoms with E-state index in [0.29, 0.717) is 24.4 Å². The number of hydrogen-bond donors (Lipinski definition) is 1. The molecule has 0 aromatic heterocycles. The van der Waals surface area contributed by atoms with Crippen molar-refractivity contribution in [3.63, 3.8) is 0 Å². The molecule has 1 aromatic rings. The lowest BCUT2D eigenvalue weighted by molar-refractivity contribution is -0.136. The van der Waals surface area contributed by atoms with E-state index in [2.05, 4.69) is 5.32 Å². The van der Waals surface area contributed by atoms with E-state index in [1.54, 1.807) is 21.7 Å². The first-order valence-corrected chi connectivity index (χ1v) is 9.69. The van der Waals surface area contributed by atoms with Gasteiger partial charge in [-0.25, -0.2) is 4.79 Å². The van der Waals surface area contributed by atoms with Crippen molar-refractivity contribution in [1.82, 2.24) is 20.0 Å². The van der Waals surface area contributed by atoms with Gasteiger partial charge in [0.05, 0.1) is 23.9 Å². The number of urea groups is 1. The molecule has 2 aliphatic rings. The topological polar surface area (TPSA) is 73.0 Å². The highest BCUT2D eigenvalue weighted by atomic mass is 16.2. The van der Waals surface area contributed by atoms with Gasteiger partial charge in [0.15, 0.2) is 0 Å². The molecule has 0 saturated heterocycles. The van der Waals surface area contributed by atoms with Gasteiger partial charge in [0.2, 0.25) is 5.91 Å². The van der Waals surface area contributed by atoms with E-state index < -0.39 is 6.04 Å². The number of amides is 4. The smallest absolute Gasteiger partial charge is 0.322 e. The van der Waals surface area contributed by atoms with Crippen LogP contribution in [0.1, 0.15) is 36.6 Å². The lowest BCUT2D eigenvalue weighted by atomic mass is 9.91. The predicted octanol–water partition coefficient (Wildman–Crippen LogP) is 1.96. The summed E-state index contributed by atoms with van der Waals surface area (Å²) in [5.41, 5.74) is 4.33. The van der Waals surface area contributed by atoms with E-state index in [9.17, 15) is 14.4 Å². The summed E-state index contributed by atoms with van der Waals surface area (Å²) >= 11 is 0. The normalized spacial score (nSPS) is 19.1. The Morgan fingerprint density at radius 3 is 2.57 bits per heavy atom. The molecular formula is C21H28N4O3. The van der Waals surface area contributed by atoms with Crippen molar-refractivity contribution in [2.45, 2.75) is 33.7 Å². The summed E-state index contributed by atoms with van der Waals surface area (Å²) in [6.45, 7) is 9.11. The fourth-order valence-electron chi connectivity index (χ4n) is 3.85. The molecule has 1 aromatic carbocycles. The highest BCUT2D eigenvalue weighted by Gasteiger charge is 2.44. The molecule has 2 heterocycles. The van der Waals surface area contributed by atoms with Crippen LogP contribution in [0.5, 0.6) is 0 Å². The summed E-state index contributed by atoms with van der Waals surface area (Å²) in [6.07, 6.45) is 0. The number of benzene rings is 1. The monoisotopic (exact) mass is 384 g/mol. The summed E-state index contributed by atoms with van der Waals surface area (Å²) in [5.74, 6) is -0.294. The molecule has 2 aliphatic heterocycles. The van der Waals surface area contributed by atoms with E-state index in [1.807, 2.05) is 45.9 Å². The number of carbonyl (C=O) groups is 3. The lowest BCUT2D eigenvalue weighted by Crippen LogP contribution is -2.47. The maximum Gasteiger partial charge on any atom is 0.322 e. The van der Waals surface area contributed by atoms with Crippen LogP contribution in [0, 0.1) is 13.8 Å². The second kappa shape index (κ2) is 7.66. The Labute approximate surface area is 166 Å². The van der Waals surface area contributed by atoms with Gasteiger partial charge in [0, 0.05) is 20.1 Å². The summed E-state index contributed by atoms with van der Waals surface area (Å²) < 4.78 is 0. The van der Waals surface area contributed by atoms with E-state index in [-0.39, 0.29) is 30.9 Å². The summed E-state index contributed by atoms with van der Waals surface area (Å²) in [4.78, 5) is 43.0. The third-order valence-electron chi connectivity index (χ3n) is 5.58. The Morgan fingerprint density at radius 2 is 1.96 bits per heavy atom. The van der Waals surface area contributed by atoms with Crippen LogP contribution in [0.3, 0.4) is 0 Å². The Kier molecular flexibility index (Phi) is 5.45. The van der Waals surface area contributed by atoms with Crippen molar-refractivity contribution < 1.29 is 14.4 Å². The van der Waals surface area contributed by atoms with E-state index in [4.69, 9.17) is 0 Å². The van der Waals surface area contributed by atoms with Gasteiger partial charge >= 0.3 is 6.03 Å². The average Bonchev–Trinajstić information content (AvgIpc) is 2.96. The summed E-state index contributed by atoms with van der Waals surface area (Å²) in [5, 5.41) is 2.99. The molecule has 1 atom stereocenters. The van der Waals surface area contributed by atoms with Crippen molar-refractivity contribution in [1.29, 1.82) is 0 Å². The molecule has 0 radical (unpaired) electrons. The molecule has 1 unspecified atom stereocenters. The van der Waals surface area contributed by atoms with Crippen molar-refractivity contribution in [3.05, 3.63) is 46.2 Å². The highest BCUT2D eigenvalue weighted by Crippen LogP contribution is 2.37. The lowest BCUT2D eigenvalue weighted by Gasteiger charge is -2.33. The van der Waals surface area contributed by atoms with Crippen LogP contribution in [0.4, 0.5) is 4.79 Å². The largest absolute Gasteiger partial charge is 0.345 e. The maximum absolute atomic E-state index is 13.2. The fourth-order valence-corrected chi connectivity index (χ4v) is 3.85. The summed E-state index contributed by atoms with van der Waals surface area (Å²) in [6, 6.07) is 5.29. The third kappa shape index (κ3) is 3.37. The molecule has 150 valence electrons. The zero-order valence-corrected chi connectivity index (χ0v) is 17.2. The molecule has 28 heavy (non-hydrogen) atoms. The van der Waals surface area contributed by atoms with Crippen LogP contribution in [0.15, 0.2) is 29.5 Å². The van der Waals surface area contributed by atoms with Crippen LogP contribution >= 0.6 is 0 Å². The standard InChI is InChI=1S/C21H28N4O3/c1-6-23(5)17(26)12-24-11-16-18(20(24)27)19(22-21(28)25(16)7-2)15-9-8-13(3)10-14(15)4/h8-10,19H,6-7,11-12H2,1-5H3,(H,22,28). The fraction of sp³-hybridized carbons (Fsp3) is 0.476. The molecule has 0 fully saturated rings. The van der Waals surface area contributed by atoms with Gasteiger partial charge in [-0.1, -0.05) is 23.8 Å². The SMILES string of the molecule is CCN(C)C(=O)CN1CC2=C(C1=O)C(c1ccc(C)cc1C)NC(=O)N2CC. The van der Waals surface area contributed by atoms with E-state index in [0.717, 1.165) is 16.7 Å². The van der Waals surface area contributed by atoms with Gasteiger partial charge in [0.25, 0.3) is 5.91 Å². The molecule has 1 N–H and O–H groups in total. The van der Waals surface area contributed by atoms with Gasteiger partial charge in [0.1, 0.15) is 6.54 Å². The van der Waals surface area contributed by atoms with E-state index in [1.165, 1.54) is 0 Å². The van der Waals surface area contributed by atoms with Crippen LogP contribution in [-0.2, 0) is 9.59 Å². The molecule has 4 amide bonds. The number of nitrogens with one attached hydrogen (secondary N) is 1. The first-order valence-electron chi connectivity index (χ1n) is 9.69. The maximum atomic E-state index is 13.2. The number of rotatable bonds is 5. The van der Waals surface area contributed by atoms with Crippen molar-refractivity contribution in [2.24, 2.45) is 0 Å². The van der Waals surface area contributed by atoms with Gasteiger partial charge < -0.3 is 15.1 Å². The number of aryl methyl sites for hydroxylation is 2. The van der Waals surface area contributed by atoms with Gasteiger partial charge in [-0.3, -0.25) is 14.5 Å². The van der Waals surface area contributed by atoms with E-state index >= 15 is 0 Å². The minimum Gasteiger partial charge on any atom is -0.345 e. The number of carbonyl (C=O) groups excluding carboxylic acids is 3. The first kappa shape index (κ1) is 19.9. The van der Waals surface area contributed by atoms with Crippen LogP contribution in [0.2, 0.25) is 0 Å².